The van der Waals surface area contributed by atoms with Crippen molar-refractivity contribution in [1.29, 1.82) is 0 Å². The summed E-state index contributed by atoms with van der Waals surface area (Å²) in [5, 5.41) is 0. The van der Waals surface area contributed by atoms with Gasteiger partial charge in [-0.1, -0.05) is 24.3 Å². The fourth-order valence-electron chi connectivity index (χ4n) is 1.70. The fourth-order valence-corrected chi connectivity index (χ4v) is 1.70. The Hall–Kier alpha value is -1.77. The van der Waals surface area contributed by atoms with E-state index in [2.05, 4.69) is 6.58 Å². The van der Waals surface area contributed by atoms with Crippen molar-refractivity contribution < 1.29 is 4.79 Å². The first-order chi connectivity index (χ1) is 8.24. The van der Waals surface area contributed by atoms with Gasteiger partial charge in [0.05, 0.1) is 0 Å². The van der Waals surface area contributed by atoms with Crippen molar-refractivity contribution in [3.05, 3.63) is 43.0 Å². The van der Waals surface area contributed by atoms with Gasteiger partial charge in [0, 0.05) is 25.3 Å². The van der Waals surface area contributed by atoms with Gasteiger partial charge in [0.2, 0.25) is 0 Å². The zero-order chi connectivity index (χ0) is 12.7. The van der Waals surface area contributed by atoms with Gasteiger partial charge in [-0.2, -0.15) is 0 Å². The van der Waals surface area contributed by atoms with Gasteiger partial charge in [-0.05, 0) is 26.0 Å². The number of carbonyl (C=O) groups excluding carboxylic acids is 1. The average Bonchev–Trinajstić information content (AvgIpc) is 2.38. The smallest absolute Gasteiger partial charge is 0.324 e. The van der Waals surface area contributed by atoms with E-state index in [9.17, 15) is 4.79 Å². The number of urea groups is 1. The molecule has 1 aromatic carbocycles. The first-order valence-electron chi connectivity index (χ1n) is 5.97. The van der Waals surface area contributed by atoms with Crippen molar-refractivity contribution in [3.8, 4) is 0 Å². The largest absolute Gasteiger partial charge is 0.325 e. The maximum absolute atomic E-state index is 12.3. The zero-order valence-corrected chi connectivity index (χ0v) is 10.6. The first kappa shape index (κ1) is 13.3. The Labute approximate surface area is 103 Å². The second-order valence-electron chi connectivity index (χ2n) is 3.69. The summed E-state index contributed by atoms with van der Waals surface area (Å²) in [7, 11) is 0. The average molecular weight is 232 g/mol. The molecule has 0 saturated heterocycles. The maximum atomic E-state index is 12.3. The van der Waals surface area contributed by atoms with E-state index >= 15 is 0 Å². The highest BCUT2D eigenvalue weighted by Crippen LogP contribution is 2.15. The lowest BCUT2D eigenvalue weighted by atomic mass is 10.3. The quantitative estimate of drug-likeness (QED) is 0.715. The number of amides is 2. The summed E-state index contributed by atoms with van der Waals surface area (Å²) in [6.07, 6.45) is 1.74. The van der Waals surface area contributed by atoms with Crippen LogP contribution in [0.1, 0.15) is 13.8 Å². The molecular weight excluding hydrogens is 212 g/mol. The van der Waals surface area contributed by atoms with Gasteiger partial charge in [-0.25, -0.2) is 4.79 Å². The van der Waals surface area contributed by atoms with Crippen LogP contribution in [0.5, 0.6) is 0 Å². The summed E-state index contributed by atoms with van der Waals surface area (Å²) >= 11 is 0. The highest BCUT2D eigenvalue weighted by molar-refractivity contribution is 5.92. The SMILES string of the molecule is C=CCN(C(=O)N(CC)CC)c1ccccc1. The first-order valence-corrected chi connectivity index (χ1v) is 5.97. The zero-order valence-electron chi connectivity index (χ0n) is 10.6. The molecule has 92 valence electrons. The third kappa shape index (κ3) is 3.34. The second-order valence-corrected chi connectivity index (χ2v) is 3.69. The van der Waals surface area contributed by atoms with Gasteiger partial charge in [0.25, 0.3) is 0 Å². The molecule has 0 N–H and O–H groups in total. The maximum Gasteiger partial charge on any atom is 0.324 e. The molecule has 3 heteroatoms. The van der Waals surface area contributed by atoms with Crippen LogP contribution in [-0.2, 0) is 0 Å². The van der Waals surface area contributed by atoms with E-state index in [0.29, 0.717) is 6.54 Å². The van der Waals surface area contributed by atoms with Crippen LogP contribution in [0.3, 0.4) is 0 Å². The highest BCUT2D eigenvalue weighted by atomic mass is 16.2. The molecule has 0 atom stereocenters. The molecule has 0 saturated carbocycles. The Bertz CT molecular complexity index is 358. The standard InChI is InChI=1S/C14H20N2O/c1-4-12-16(13-10-8-7-9-11-13)14(17)15(5-2)6-3/h4,7-11H,1,5-6,12H2,2-3H3. The van der Waals surface area contributed by atoms with Crippen LogP contribution in [0, 0.1) is 0 Å². The Kier molecular flexibility index (Phi) is 5.27. The van der Waals surface area contributed by atoms with Crippen molar-refractivity contribution in [2.75, 3.05) is 24.5 Å². The lowest BCUT2D eigenvalue weighted by Crippen LogP contribution is -2.43. The van der Waals surface area contributed by atoms with Crippen molar-refractivity contribution in [2.45, 2.75) is 13.8 Å². The van der Waals surface area contributed by atoms with Gasteiger partial charge < -0.3 is 4.90 Å². The highest BCUT2D eigenvalue weighted by Gasteiger charge is 2.18. The van der Waals surface area contributed by atoms with E-state index < -0.39 is 0 Å². The number of rotatable bonds is 5. The van der Waals surface area contributed by atoms with Gasteiger partial charge in [0.15, 0.2) is 0 Å². The van der Waals surface area contributed by atoms with Gasteiger partial charge in [-0.3, -0.25) is 4.90 Å². The predicted molar refractivity (Wildman–Crippen MR) is 72.3 cm³/mol. The monoisotopic (exact) mass is 232 g/mol. The van der Waals surface area contributed by atoms with Crippen LogP contribution in [0.15, 0.2) is 43.0 Å². The third-order valence-electron chi connectivity index (χ3n) is 2.64. The van der Waals surface area contributed by atoms with Crippen molar-refractivity contribution >= 4 is 11.7 Å². The Balaban J connectivity index is 2.93. The molecule has 0 fully saturated rings. The molecule has 0 unspecified atom stereocenters. The van der Waals surface area contributed by atoms with Crippen LogP contribution < -0.4 is 4.90 Å². The fraction of sp³-hybridized carbons (Fsp3) is 0.357. The normalized spacial score (nSPS) is 9.76. The topological polar surface area (TPSA) is 23.6 Å². The lowest BCUT2D eigenvalue weighted by molar-refractivity contribution is 0.210. The molecule has 0 spiro atoms. The van der Waals surface area contributed by atoms with Crippen molar-refractivity contribution in [2.24, 2.45) is 0 Å². The third-order valence-corrected chi connectivity index (χ3v) is 2.64. The summed E-state index contributed by atoms with van der Waals surface area (Å²) in [4.78, 5) is 15.8. The molecule has 0 heterocycles. The minimum Gasteiger partial charge on any atom is -0.325 e. The van der Waals surface area contributed by atoms with Crippen LogP contribution in [0.25, 0.3) is 0 Å². The molecular formula is C14H20N2O. The van der Waals surface area contributed by atoms with Gasteiger partial charge in [-0.15, -0.1) is 6.58 Å². The molecule has 0 aromatic heterocycles. The predicted octanol–water partition coefficient (Wildman–Crippen LogP) is 3.14. The number of benzene rings is 1. The molecule has 3 nitrogen and oxygen atoms in total. The summed E-state index contributed by atoms with van der Waals surface area (Å²) in [5.74, 6) is 0. The number of hydrogen-bond acceptors (Lipinski definition) is 1. The molecule has 0 aliphatic heterocycles. The van der Waals surface area contributed by atoms with E-state index in [1.165, 1.54) is 0 Å². The number of carbonyl (C=O) groups is 1. The van der Waals surface area contributed by atoms with Gasteiger partial charge >= 0.3 is 6.03 Å². The van der Waals surface area contributed by atoms with Crippen LogP contribution in [-0.4, -0.2) is 30.6 Å². The van der Waals surface area contributed by atoms with E-state index in [1.807, 2.05) is 44.2 Å². The molecule has 1 aromatic rings. The Morgan fingerprint density at radius 1 is 1.24 bits per heavy atom. The summed E-state index contributed by atoms with van der Waals surface area (Å²) < 4.78 is 0. The number of nitrogens with zero attached hydrogens (tertiary/aromatic N) is 2. The summed E-state index contributed by atoms with van der Waals surface area (Å²) in [6, 6.07) is 9.70. The van der Waals surface area contributed by atoms with Crippen LogP contribution in [0.4, 0.5) is 10.5 Å². The molecule has 2 amide bonds. The minimum atomic E-state index is 0.0288. The lowest BCUT2D eigenvalue weighted by Gasteiger charge is -2.28. The van der Waals surface area contributed by atoms with E-state index in [1.54, 1.807) is 15.9 Å². The van der Waals surface area contributed by atoms with Crippen molar-refractivity contribution in [3.63, 3.8) is 0 Å². The molecule has 1 rings (SSSR count). The van der Waals surface area contributed by atoms with E-state index in [0.717, 1.165) is 18.8 Å². The minimum absolute atomic E-state index is 0.0288. The van der Waals surface area contributed by atoms with Gasteiger partial charge in [0.1, 0.15) is 0 Å². The Morgan fingerprint density at radius 3 is 2.29 bits per heavy atom. The van der Waals surface area contributed by atoms with Crippen molar-refractivity contribution in [1.82, 2.24) is 4.90 Å². The number of hydrogen-bond donors (Lipinski definition) is 0. The van der Waals surface area contributed by atoms with E-state index in [4.69, 9.17) is 0 Å². The molecule has 0 bridgehead atoms. The molecule has 0 aliphatic rings. The Morgan fingerprint density at radius 2 is 1.82 bits per heavy atom. The summed E-state index contributed by atoms with van der Waals surface area (Å²) in [5.41, 5.74) is 0.907. The second kappa shape index (κ2) is 6.74. The molecule has 17 heavy (non-hydrogen) atoms. The number of anilines is 1. The summed E-state index contributed by atoms with van der Waals surface area (Å²) in [6.45, 7) is 9.64. The van der Waals surface area contributed by atoms with Crippen LogP contribution >= 0.6 is 0 Å². The molecule has 0 radical (unpaired) electrons. The van der Waals surface area contributed by atoms with E-state index in [-0.39, 0.29) is 6.03 Å². The molecule has 0 aliphatic carbocycles. The number of para-hydroxylation sites is 1. The van der Waals surface area contributed by atoms with Crippen LogP contribution in [0.2, 0.25) is 0 Å².